The predicted molar refractivity (Wildman–Crippen MR) is 51.6 cm³/mol. The minimum Gasteiger partial charge on any atom is -0.480 e. The molecule has 9 heteroatoms. The molecule has 0 heterocycles. The van der Waals surface area contributed by atoms with Crippen LogP contribution in [0, 0.1) is 0 Å². The van der Waals surface area contributed by atoms with Crippen LogP contribution >= 0.6 is 7.60 Å². The van der Waals surface area contributed by atoms with E-state index < -0.39 is 25.8 Å². The summed E-state index contributed by atoms with van der Waals surface area (Å²) in [5.74, 6) is -1.27. The molecule has 0 aliphatic heterocycles. The smallest absolute Gasteiger partial charge is 0.331 e. The van der Waals surface area contributed by atoms with E-state index in [-0.39, 0.29) is 12.1 Å². The summed E-state index contributed by atoms with van der Waals surface area (Å²) in [4.78, 5) is 32.0. The highest BCUT2D eigenvalue weighted by molar-refractivity contribution is 7.52. The summed E-state index contributed by atoms with van der Waals surface area (Å²) in [6, 6.07) is -1.26. The Morgan fingerprint density at radius 2 is 2.13 bits per heavy atom. The Kier molecular flexibility index (Phi) is 5.45. The van der Waals surface area contributed by atoms with Crippen LogP contribution in [0.4, 0.5) is 0 Å². The van der Waals surface area contributed by atoms with Crippen molar-refractivity contribution in [2.75, 3.05) is 13.3 Å². The highest BCUT2D eigenvalue weighted by atomic mass is 31.2. The van der Waals surface area contributed by atoms with Crippen LogP contribution < -0.4 is 5.73 Å². The molecule has 0 spiro atoms. The number of hydrogen-bond acceptors (Lipinski definition) is 5. The molecule has 15 heavy (non-hydrogen) atoms. The quantitative estimate of drug-likeness (QED) is 0.264. The van der Waals surface area contributed by atoms with E-state index in [0.717, 1.165) is 0 Å². The van der Waals surface area contributed by atoms with Crippen molar-refractivity contribution in [3.63, 3.8) is 0 Å². The maximum atomic E-state index is 10.6. The molecule has 0 amide bonds. The van der Waals surface area contributed by atoms with Crippen LogP contribution in [-0.4, -0.2) is 45.9 Å². The third-order valence-electron chi connectivity index (χ3n) is 1.38. The largest absolute Gasteiger partial charge is 0.480 e. The first-order valence-electron chi connectivity index (χ1n) is 3.88. The van der Waals surface area contributed by atoms with Gasteiger partial charge >= 0.3 is 13.6 Å². The summed E-state index contributed by atoms with van der Waals surface area (Å²) in [5, 5.41) is 11.8. The second kappa shape index (κ2) is 5.82. The van der Waals surface area contributed by atoms with E-state index >= 15 is 0 Å². The second-order valence-electron chi connectivity index (χ2n) is 2.81. The van der Waals surface area contributed by atoms with Gasteiger partial charge in [-0.05, 0) is 0 Å². The van der Waals surface area contributed by atoms with E-state index in [4.69, 9.17) is 20.6 Å². The standard InChI is InChI=1S/C6H13N2O6P/c1-14-8-4(3-15(11,12)13)2-5(7)6(9)10/h5H,2-3,7H2,1H3,(H,9,10)(H2,11,12,13). The maximum Gasteiger partial charge on any atom is 0.331 e. The number of nitrogens with two attached hydrogens (primary N) is 1. The highest BCUT2D eigenvalue weighted by Crippen LogP contribution is 2.34. The van der Waals surface area contributed by atoms with Gasteiger partial charge in [-0.25, -0.2) is 0 Å². The number of oxime groups is 1. The first kappa shape index (κ1) is 14.1. The molecule has 5 N–H and O–H groups in total. The molecule has 1 unspecified atom stereocenters. The van der Waals surface area contributed by atoms with Gasteiger partial charge in [-0.15, -0.1) is 0 Å². The zero-order chi connectivity index (χ0) is 12.1. The van der Waals surface area contributed by atoms with Gasteiger partial charge in [0, 0.05) is 6.42 Å². The van der Waals surface area contributed by atoms with Gasteiger partial charge in [-0.1, -0.05) is 5.16 Å². The lowest BCUT2D eigenvalue weighted by Crippen LogP contribution is -2.33. The Bertz CT molecular complexity index is 298. The summed E-state index contributed by atoms with van der Waals surface area (Å²) in [5.41, 5.74) is 5.09. The summed E-state index contributed by atoms with van der Waals surface area (Å²) in [6.45, 7) is 0. The number of carbonyl (C=O) groups is 1. The first-order valence-corrected chi connectivity index (χ1v) is 5.68. The molecule has 0 aromatic heterocycles. The van der Waals surface area contributed by atoms with E-state index in [1.54, 1.807) is 0 Å². The number of rotatable bonds is 6. The Morgan fingerprint density at radius 3 is 2.47 bits per heavy atom. The molecule has 88 valence electrons. The van der Waals surface area contributed by atoms with Crippen molar-refractivity contribution in [3.05, 3.63) is 0 Å². The molecule has 0 aromatic carbocycles. The molecule has 0 radical (unpaired) electrons. The highest BCUT2D eigenvalue weighted by Gasteiger charge is 2.22. The van der Waals surface area contributed by atoms with Gasteiger partial charge in [-0.2, -0.15) is 0 Å². The van der Waals surface area contributed by atoms with E-state index in [1.165, 1.54) is 7.11 Å². The first-order chi connectivity index (χ1) is 6.76. The number of nitrogens with zero attached hydrogens (tertiary/aromatic N) is 1. The molecule has 0 saturated carbocycles. The molecule has 0 rings (SSSR count). The zero-order valence-corrected chi connectivity index (χ0v) is 8.92. The van der Waals surface area contributed by atoms with Gasteiger partial charge in [0.25, 0.3) is 0 Å². The molecule has 0 aliphatic carbocycles. The molecule has 0 fully saturated rings. The summed E-state index contributed by atoms with van der Waals surface area (Å²) < 4.78 is 10.6. The number of carboxylic acids is 1. The van der Waals surface area contributed by atoms with Gasteiger partial charge < -0.3 is 25.5 Å². The molecule has 8 nitrogen and oxygen atoms in total. The van der Waals surface area contributed by atoms with Crippen molar-refractivity contribution in [2.45, 2.75) is 12.5 Å². The Balaban J connectivity index is 4.50. The van der Waals surface area contributed by atoms with Crippen molar-refractivity contribution < 1.29 is 29.1 Å². The average Bonchev–Trinajstić information content (AvgIpc) is 2.00. The molecule has 0 bridgehead atoms. The van der Waals surface area contributed by atoms with Crippen molar-refractivity contribution in [1.82, 2.24) is 0 Å². The molecule has 0 aromatic rings. The van der Waals surface area contributed by atoms with E-state index in [2.05, 4.69) is 9.99 Å². The minimum atomic E-state index is -4.30. The van der Waals surface area contributed by atoms with E-state index in [0.29, 0.717) is 0 Å². The van der Waals surface area contributed by atoms with Crippen molar-refractivity contribution in [1.29, 1.82) is 0 Å². The third kappa shape index (κ3) is 7.03. The third-order valence-corrected chi connectivity index (χ3v) is 2.16. The SMILES string of the molecule is CON=C(CC(N)C(=O)O)CP(=O)(O)O. The summed E-state index contributed by atoms with van der Waals surface area (Å²) in [6.07, 6.45) is -0.934. The van der Waals surface area contributed by atoms with Crippen LogP contribution in [-0.2, 0) is 14.2 Å². The van der Waals surface area contributed by atoms with Crippen LogP contribution in [0.3, 0.4) is 0 Å². The second-order valence-corrected chi connectivity index (χ2v) is 4.46. The molecule has 1 atom stereocenters. The van der Waals surface area contributed by atoms with Gasteiger partial charge in [0.15, 0.2) is 0 Å². The fourth-order valence-electron chi connectivity index (χ4n) is 0.839. The number of aliphatic carboxylic acids is 1. The predicted octanol–water partition coefficient (Wildman–Crippen LogP) is -1.03. The Hall–Kier alpha value is -0.950. The lowest BCUT2D eigenvalue weighted by atomic mass is 10.1. The van der Waals surface area contributed by atoms with Gasteiger partial charge in [0.05, 0.1) is 11.9 Å². The summed E-state index contributed by atoms with van der Waals surface area (Å²) >= 11 is 0. The van der Waals surface area contributed by atoms with Crippen LogP contribution in [0.25, 0.3) is 0 Å². The van der Waals surface area contributed by atoms with E-state index in [9.17, 15) is 9.36 Å². The molecular formula is C6H13N2O6P. The van der Waals surface area contributed by atoms with E-state index in [1.807, 2.05) is 0 Å². The van der Waals surface area contributed by atoms with Gasteiger partial charge in [0.1, 0.15) is 13.2 Å². The molecule has 0 saturated heterocycles. The Morgan fingerprint density at radius 1 is 1.60 bits per heavy atom. The van der Waals surface area contributed by atoms with Crippen molar-refractivity contribution in [3.8, 4) is 0 Å². The van der Waals surface area contributed by atoms with Crippen LogP contribution in [0.15, 0.2) is 5.16 Å². The fourth-order valence-corrected chi connectivity index (χ4v) is 1.50. The van der Waals surface area contributed by atoms with Crippen LogP contribution in [0.1, 0.15) is 6.42 Å². The van der Waals surface area contributed by atoms with Gasteiger partial charge in [-0.3, -0.25) is 9.36 Å². The average molecular weight is 240 g/mol. The van der Waals surface area contributed by atoms with Gasteiger partial charge in [0.2, 0.25) is 0 Å². The zero-order valence-electron chi connectivity index (χ0n) is 8.03. The fraction of sp³-hybridized carbons (Fsp3) is 0.667. The maximum absolute atomic E-state index is 10.6. The summed E-state index contributed by atoms with van der Waals surface area (Å²) in [7, 11) is -3.11. The Labute approximate surface area is 85.9 Å². The lowest BCUT2D eigenvalue weighted by molar-refractivity contribution is -0.138. The van der Waals surface area contributed by atoms with Crippen LogP contribution in [0.2, 0.25) is 0 Å². The monoisotopic (exact) mass is 240 g/mol. The van der Waals surface area contributed by atoms with Crippen molar-refractivity contribution >= 4 is 19.3 Å². The number of hydrogen-bond donors (Lipinski definition) is 4. The van der Waals surface area contributed by atoms with Crippen molar-refractivity contribution in [2.24, 2.45) is 10.9 Å². The minimum absolute atomic E-state index is 0.0827. The normalized spacial score (nSPS) is 14.8. The molecular weight excluding hydrogens is 227 g/mol. The number of carboxylic acid groups (broad SMARTS) is 1. The van der Waals surface area contributed by atoms with Crippen LogP contribution in [0.5, 0.6) is 0 Å². The topological polar surface area (TPSA) is 142 Å². The molecule has 0 aliphatic rings. The lowest BCUT2D eigenvalue weighted by Gasteiger charge is -2.09.